The molecule has 0 radical (unpaired) electrons. The van der Waals surface area contributed by atoms with Crippen molar-refractivity contribution in [2.45, 2.75) is 20.4 Å². The summed E-state index contributed by atoms with van der Waals surface area (Å²) < 4.78 is 0. The van der Waals surface area contributed by atoms with Crippen LogP contribution < -0.4 is 5.32 Å². The van der Waals surface area contributed by atoms with E-state index in [2.05, 4.69) is 11.4 Å². The SMILES string of the molecule is CC(C)(CO)CNCc1ccccc1C#N. The van der Waals surface area contributed by atoms with Gasteiger partial charge in [0, 0.05) is 25.1 Å². The molecule has 0 saturated heterocycles. The summed E-state index contributed by atoms with van der Waals surface area (Å²) in [5.41, 5.74) is 1.58. The molecule has 0 fully saturated rings. The van der Waals surface area contributed by atoms with Gasteiger partial charge < -0.3 is 10.4 Å². The first-order valence-corrected chi connectivity index (χ1v) is 5.38. The van der Waals surface area contributed by atoms with Crippen molar-refractivity contribution in [1.82, 2.24) is 5.32 Å². The first-order chi connectivity index (χ1) is 7.59. The van der Waals surface area contributed by atoms with E-state index in [9.17, 15) is 0 Å². The third-order valence-electron chi connectivity index (χ3n) is 2.48. The van der Waals surface area contributed by atoms with Crippen molar-refractivity contribution in [3.63, 3.8) is 0 Å². The van der Waals surface area contributed by atoms with E-state index in [1.54, 1.807) is 0 Å². The second kappa shape index (κ2) is 5.64. The van der Waals surface area contributed by atoms with Gasteiger partial charge in [0.05, 0.1) is 11.6 Å². The highest BCUT2D eigenvalue weighted by atomic mass is 16.3. The highest BCUT2D eigenvalue weighted by Crippen LogP contribution is 2.12. The molecule has 0 bridgehead atoms. The summed E-state index contributed by atoms with van der Waals surface area (Å²) >= 11 is 0. The molecule has 0 aromatic heterocycles. The van der Waals surface area contributed by atoms with Gasteiger partial charge in [-0.1, -0.05) is 32.0 Å². The smallest absolute Gasteiger partial charge is 0.0995 e. The minimum absolute atomic E-state index is 0.123. The van der Waals surface area contributed by atoms with E-state index < -0.39 is 0 Å². The maximum Gasteiger partial charge on any atom is 0.0995 e. The number of aliphatic hydroxyl groups is 1. The van der Waals surface area contributed by atoms with Crippen molar-refractivity contribution in [1.29, 1.82) is 5.26 Å². The van der Waals surface area contributed by atoms with E-state index in [0.717, 1.165) is 12.1 Å². The maximum absolute atomic E-state index is 9.10. The van der Waals surface area contributed by atoms with Crippen molar-refractivity contribution >= 4 is 0 Å². The second-order valence-electron chi connectivity index (χ2n) is 4.69. The van der Waals surface area contributed by atoms with E-state index in [-0.39, 0.29) is 12.0 Å². The van der Waals surface area contributed by atoms with Gasteiger partial charge in [-0.15, -0.1) is 0 Å². The van der Waals surface area contributed by atoms with Crippen molar-refractivity contribution in [3.8, 4) is 6.07 Å². The third kappa shape index (κ3) is 3.65. The number of nitrogens with zero attached hydrogens (tertiary/aromatic N) is 1. The Kier molecular flexibility index (Phi) is 4.48. The molecule has 0 atom stereocenters. The van der Waals surface area contributed by atoms with Gasteiger partial charge in [-0.3, -0.25) is 0 Å². The van der Waals surface area contributed by atoms with Crippen LogP contribution in [0.1, 0.15) is 25.0 Å². The first-order valence-electron chi connectivity index (χ1n) is 5.38. The molecule has 3 nitrogen and oxygen atoms in total. The highest BCUT2D eigenvalue weighted by molar-refractivity contribution is 5.37. The molecule has 0 aliphatic carbocycles. The Balaban J connectivity index is 2.53. The van der Waals surface area contributed by atoms with Crippen molar-refractivity contribution in [3.05, 3.63) is 35.4 Å². The summed E-state index contributed by atoms with van der Waals surface area (Å²) in [7, 11) is 0. The minimum Gasteiger partial charge on any atom is -0.396 e. The molecule has 0 aliphatic heterocycles. The lowest BCUT2D eigenvalue weighted by atomic mass is 9.95. The van der Waals surface area contributed by atoms with E-state index in [0.29, 0.717) is 12.1 Å². The number of benzene rings is 1. The van der Waals surface area contributed by atoms with Gasteiger partial charge in [0.15, 0.2) is 0 Å². The Morgan fingerprint density at radius 2 is 2.06 bits per heavy atom. The average molecular weight is 218 g/mol. The predicted octanol–water partition coefficient (Wildman–Crippen LogP) is 1.67. The van der Waals surface area contributed by atoms with Crippen LogP contribution in [-0.2, 0) is 6.54 Å². The quantitative estimate of drug-likeness (QED) is 0.790. The average Bonchev–Trinajstić information content (AvgIpc) is 2.29. The zero-order valence-electron chi connectivity index (χ0n) is 9.83. The van der Waals surface area contributed by atoms with E-state index in [4.69, 9.17) is 10.4 Å². The Morgan fingerprint density at radius 3 is 2.69 bits per heavy atom. The minimum atomic E-state index is -0.123. The lowest BCUT2D eigenvalue weighted by molar-refractivity contribution is 0.156. The molecule has 0 unspecified atom stereocenters. The van der Waals surface area contributed by atoms with Crippen molar-refractivity contribution in [2.24, 2.45) is 5.41 Å². The molecule has 1 aromatic rings. The van der Waals surface area contributed by atoms with Gasteiger partial charge in [-0.2, -0.15) is 5.26 Å². The molecule has 0 heterocycles. The number of nitrogens with one attached hydrogen (secondary N) is 1. The summed E-state index contributed by atoms with van der Waals surface area (Å²) in [6, 6.07) is 9.71. The molecule has 86 valence electrons. The van der Waals surface area contributed by atoms with E-state index in [1.807, 2.05) is 38.1 Å². The summed E-state index contributed by atoms with van der Waals surface area (Å²) in [5, 5.41) is 21.3. The number of rotatable bonds is 5. The number of aliphatic hydroxyl groups excluding tert-OH is 1. The summed E-state index contributed by atoms with van der Waals surface area (Å²) in [5.74, 6) is 0. The van der Waals surface area contributed by atoms with Gasteiger partial charge in [0.1, 0.15) is 0 Å². The fourth-order valence-electron chi connectivity index (χ4n) is 1.37. The molecule has 0 aliphatic rings. The van der Waals surface area contributed by atoms with Crippen LogP contribution in [-0.4, -0.2) is 18.3 Å². The monoisotopic (exact) mass is 218 g/mol. The van der Waals surface area contributed by atoms with Crippen LogP contribution in [0, 0.1) is 16.7 Å². The van der Waals surface area contributed by atoms with Crippen LogP contribution in [0.25, 0.3) is 0 Å². The zero-order valence-corrected chi connectivity index (χ0v) is 9.83. The van der Waals surface area contributed by atoms with Crippen LogP contribution in [0.4, 0.5) is 0 Å². The van der Waals surface area contributed by atoms with Gasteiger partial charge in [0.25, 0.3) is 0 Å². The van der Waals surface area contributed by atoms with Crippen molar-refractivity contribution in [2.75, 3.05) is 13.2 Å². The molecule has 1 aromatic carbocycles. The highest BCUT2D eigenvalue weighted by Gasteiger charge is 2.15. The van der Waals surface area contributed by atoms with E-state index in [1.165, 1.54) is 0 Å². The molecule has 0 amide bonds. The van der Waals surface area contributed by atoms with Gasteiger partial charge in [-0.05, 0) is 11.6 Å². The van der Waals surface area contributed by atoms with E-state index >= 15 is 0 Å². The van der Waals surface area contributed by atoms with Crippen LogP contribution in [0.3, 0.4) is 0 Å². The Morgan fingerprint density at radius 1 is 1.38 bits per heavy atom. The van der Waals surface area contributed by atoms with Crippen molar-refractivity contribution < 1.29 is 5.11 Å². The lowest BCUT2D eigenvalue weighted by Crippen LogP contribution is -2.32. The van der Waals surface area contributed by atoms with Crippen LogP contribution >= 0.6 is 0 Å². The van der Waals surface area contributed by atoms with Crippen LogP contribution in [0.2, 0.25) is 0 Å². The number of hydrogen-bond donors (Lipinski definition) is 2. The topological polar surface area (TPSA) is 56.0 Å². The predicted molar refractivity (Wildman–Crippen MR) is 63.7 cm³/mol. The standard InChI is InChI=1S/C13H18N2O/c1-13(2,10-16)9-15-8-12-6-4-3-5-11(12)7-14/h3-6,15-16H,8-10H2,1-2H3. The Bertz CT molecular complexity index is 380. The zero-order chi connectivity index (χ0) is 12.0. The molecule has 16 heavy (non-hydrogen) atoms. The Hall–Kier alpha value is -1.37. The summed E-state index contributed by atoms with van der Waals surface area (Å²) in [4.78, 5) is 0. The fraction of sp³-hybridized carbons (Fsp3) is 0.462. The molecule has 0 saturated carbocycles. The maximum atomic E-state index is 9.10. The fourth-order valence-corrected chi connectivity index (χ4v) is 1.37. The molecule has 2 N–H and O–H groups in total. The molecular weight excluding hydrogens is 200 g/mol. The van der Waals surface area contributed by atoms with Crippen LogP contribution in [0.15, 0.2) is 24.3 Å². The summed E-state index contributed by atoms with van der Waals surface area (Å²) in [6.07, 6.45) is 0. The van der Waals surface area contributed by atoms with Gasteiger partial charge >= 0.3 is 0 Å². The Labute approximate surface area is 96.7 Å². The molecule has 0 spiro atoms. The first kappa shape index (κ1) is 12.7. The van der Waals surface area contributed by atoms with Crippen LogP contribution in [0.5, 0.6) is 0 Å². The molecular formula is C13H18N2O. The van der Waals surface area contributed by atoms with Gasteiger partial charge in [-0.25, -0.2) is 0 Å². The lowest BCUT2D eigenvalue weighted by Gasteiger charge is -2.22. The normalized spacial score (nSPS) is 11.1. The summed E-state index contributed by atoms with van der Waals surface area (Å²) in [6.45, 7) is 5.53. The third-order valence-corrected chi connectivity index (χ3v) is 2.48. The molecule has 3 heteroatoms. The van der Waals surface area contributed by atoms with Gasteiger partial charge in [0.2, 0.25) is 0 Å². The number of hydrogen-bond acceptors (Lipinski definition) is 3. The number of nitriles is 1. The molecule has 1 rings (SSSR count). The second-order valence-corrected chi connectivity index (χ2v) is 4.69. The largest absolute Gasteiger partial charge is 0.396 e.